The quantitative estimate of drug-likeness (QED) is 0.0568. The minimum absolute atomic E-state index is 0.0562. The molecule has 14 nitrogen and oxygen atoms in total. The molecule has 416 valence electrons. The first kappa shape index (κ1) is 65.6. The largest absolute Gasteiger partial charge is 0.497 e. The first-order chi connectivity index (χ1) is 37.0. The number of carbonyl (C=O) groups excluding carboxylic acids is 1. The van der Waals surface area contributed by atoms with E-state index in [4.69, 9.17) is 43.0 Å². The van der Waals surface area contributed by atoms with E-state index in [2.05, 4.69) is 86.2 Å². The van der Waals surface area contributed by atoms with E-state index in [9.17, 15) is 9.59 Å². The van der Waals surface area contributed by atoms with Crippen molar-refractivity contribution >= 4 is 5.97 Å². The Kier molecular flexibility index (Phi) is 33.9. The second-order valence-corrected chi connectivity index (χ2v) is 17.8. The van der Waals surface area contributed by atoms with Crippen LogP contribution in [0.15, 0.2) is 157 Å². The summed E-state index contributed by atoms with van der Waals surface area (Å²) in [7, 11) is 6.48. The predicted octanol–water partition coefficient (Wildman–Crippen LogP) is 11.7. The van der Waals surface area contributed by atoms with Crippen LogP contribution in [0.5, 0.6) is 29.0 Å². The number of methoxy groups -OCH3 is 3. The van der Waals surface area contributed by atoms with Crippen molar-refractivity contribution in [2.45, 2.75) is 87.4 Å². The molecule has 0 fully saturated rings. The Balaban J connectivity index is 0.000000323. The van der Waals surface area contributed by atoms with Gasteiger partial charge < -0.3 is 47.6 Å². The maximum atomic E-state index is 10.9. The average Bonchev–Trinajstić information content (AvgIpc) is 3.42. The summed E-state index contributed by atoms with van der Waals surface area (Å²) in [5.74, 6) is 2.97. The fourth-order valence-electron chi connectivity index (χ4n) is 6.16. The molecule has 2 heterocycles. The Labute approximate surface area is 457 Å². The van der Waals surface area contributed by atoms with Crippen molar-refractivity contribution in [3.8, 4) is 29.0 Å². The average molecular weight is 1060 g/mol. The zero-order valence-corrected chi connectivity index (χ0v) is 47.5. The van der Waals surface area contributed by atoms with Crippen molar-refractivity contribution in [2.75, 3.05) is 61.0 Å². The van der Waals surface area contributed by atoms with E-state index in [0.717, 1.165) is 61.9 Å². The summed E-state index contributed by atoms with van der Waals surface area (Å²) in [6.07, 6.45) is 7.45. The first-order valence-electron chi connectivity index (χ1n) is 25.6. The lowest BCUT2D eigenvalue weighted by Crippen LogP contribution is -2.13. The van der Waals surface area contributed by atoms with Gasteiger partial charge in [0.05, 0.1) is 46.8 Å². The highest BCUT2D eigenvalue weighted by atomic mass is 16.6. The summed E-state index contributed by atoms with van der Waals surface area (Å²) >= 11 is 0. The SMILES string of the molecule is CC(=O)OCCOc1ccc(C)cc1.COCCCOc1ccc(C)cc1.COc1ccn(C)c(=O)c1.COc1ncc(C)cn1.Cc1ccc(CC(C)O)cc1.Cc1ccc(OCCCOCc2ccccc2C)cc1. The van der Waals surface area contributed by atoms with Gasteiger partial charge in [-0.05, 0) is 120 Å². The molecule has 0 saturated carbocycles. The predicted molar refractivity (Wildman–Crippen MR) is 307 cm³/mol. The molecule has 0 aliphatic carbocycles. The summed E-state index contributed by atoms with van der Waals surface area (Å²) in [5.41, 5.74) is 9.68. The van der Waals surface area contributed by atoms with Crippen LogP contribution in [0.1, 0.15) is 71.2 Å². The fourth-order valence-corrected chi connectivity index (χ4v) is 6.16. The van der Waals surface area contributed by atoms with E-state index in [1.807, 2.05) is 86.6 Å². The smallest absolute Gasteiger partial charge is 0.316 e. The van der Waals surface area contributed by atoms with Gasteiger partial charge in [-0.25, -0.2) is 9.97 Å². The number of aliphatic hydroxyl groups is 1. The van der Waals surface area contributed by atoms with E-state index < -0.39 is 0 Å². The molecule has 0 saturated heterocycles. The number of hydrogen-bond acceptors (Lipinski definition) is 13. The lowest BCUT2D eigenvalue weighted by molar-refractivity contribution is -0.141. The number of aliphatic hydroxyl groups excluding tert-OH is 1. The topological polar surface area (TPSA) is 159 Å². The third kappa shape index (κ3) is 32.5. The highest BCUT2D eigenvalue weighted by Gasteiger charge is 2.00. The van der Waals surface area contributed by atoms with Crippen molar-refractivity contribution in [3.63, 3.8) is 0 Å². The van der Waals surface area contributed by atoms with Crippen LogP contribution in [-0.4, -0.2) is 92.7 Å². The van der Waals surface area contributed by atoms with Crippen LogP contribution in [-0.2, 0) is 39.1 Å². The van der Waals surface area contributed by atoms with Crippen molar-refractivity contribution in [3.05, 3.63) is 207 Å². The molecular formula is C63H83N3O11. The van der Waals surface area contributed by atoms with Crippen LogP contribution in [0.3, 0.4) is 0 Å². The normalized spacial score (nSPS) is 10.3. The maximum Gasteiger partial charge on any atom is 0.316 e. The van der Waals surface area contributed by atoms with E-state index in [1.54, 1.807) is 52.8 Å². The summed E-state index contributed by atoms with van der Waals surface area (Å²) in [5, 5.41) is 9.08. The molecule has 7 rings (SSSR count). The van der Waals surface area contributed by atoms with Crippen LogP contribution in [0.25, 0.3) is 0 Å². The Morgan fingerprint density at radius 1 is 0.571 bits per heavy atom. The molecule has 0 bridgehead atoms. The number of rotatable bonds is 20. The van der Waals surface area contributed by atoms with Gasteiger partial charge in [-0.15, -0.1) is 0 Å². The number of benzene rings is 5. The van der Waals surface area contributed by atoms with E-state index in [1.165, 1.54) is 63.6 Å². The molecule has 0 aliphatic heterocycles. The van der Waals surface area contributed by atoms with Crippen molar-refractivity contribution < 1.29 is 47.8 Å². The lowest BCUT2D eigenvalue weighted by Gasteiger charge is -2.08. The van der Waals surface area contributed by atoms with Crippen molar-refractivity contribution in [1.29, 1.82) is 0 Å². The highest BCUT2D eigenvalue weighted by Crippen LogP contribution is 2.14. The zero-order valence-electron chi connectivity index (χ0n) is 47.5. The van der Waals surface area contributed by atoms with Gasteiger partial charge in [0.2, 0.25) is 0 Å². The van der Waals surface area contributed by atoms with Gasteiger partial charge in [-0.3, -0.25) is 9.59 Å². The first-order valence-corrected chi connectivity index (χ1v) is 25.6. The third-order valence-corrected chi connectivity index (χ3v) is 10.6. The molecule has 7 aromatic rings. The number of pyridine rings is 1. The number of carbonyl (C=O) groups is 1. The standard InChI is InChI=1S/C18H22O2.C11H14O3.C11H16O2.C10H14O.C7H9NO2.C6H8N2O/c1-15-8-10-18(11-9-15)20-13-5-12-19-14-17-7-4-3-6-16(17)2;1-9-3-5-11(6-4-9)14-8-7-13-10(2)12;1-10-4-6-11(7-5-10)13-9-3-8-12-2;1-8-3-5-10(6-4-8)7-9(2)11;1-8-4-3-6(10-2)5-7(8)9;1-5-3-7-6(9-2)8-4-5/h3-4,6-11H,5,12-14H2,1-2H3;3-6H,7-8H2,1-2H3;4-7H,3,8-9H2,1-2H3;3-6,9,11H,7H2,1-2H3;3-5H,1-2H3;3-4H,1-2H3. The molecule has 77 heavy (non-hydrogen) atoms. The van der Waals surface area contributed by atoms with E-state index >= 15 is 0 Å². The van der Waals surface area contributed by atoms with E-state index in [-0.39, 0.29) is 17.6 Å². The van der Waals surface area contributed by atoms with Crippen molar-refractivity contribution in [2.24, 2.45) is 7.05 Å². The monoisotopic (exact) mass is 1060 g/mol. The van der Waals surface area contributed by atoms with Gasteiger partial charge in [-0.2, -0.15) is 0 Å². The molecule has 0 amide bonds. The molecule has 14 heteroatoms. The Hall–Kier alpha value is -7.52. The molecule has 5 aromatic carbocycles. The Bertz CT molecular complexity index is 2660. The molecule has 0 radical (unpaired) electrons. The van der Waals surface area contributed by atoms with Crippen LogP contribution < -0.4 is 29.2 Å². The number of nitrogens with zero attached hydrogens (tertiary/aromatic N) is 3. The summed E-state index contributed by atoms with van der Waals surface area (Å²) in [6, 6.07) is 44.1. The molecule has 0 aliphatic rings. The van der Waals surface area contributed by atoms with Crippen molar-refractivity contribution in [1.82, 2.24) is 14.5 Å². The van der Waals surface area contributed by atoms with Gasteiger partial charge in [0.1, 0.15) is 36.2 Å². The number of ether oxygens (including phenoxy) is 8. The number of esters is 1. The number of hydrogen-bond donors (Lipinski definition) is 1. The maximum absolute atomic E-state index is 10.9. The fraction of sp³-hybridized carbons (Fsp3) is 0.365. The summed E-state index contributed by atoms with van der Waals surface area (Å²) in [6.45, 7) is 19.7. The zero-order chi connectivity index (χ0) is 56.6. The Morgan fingerprint density at radius 3 is 1.49 bits per heavy atom. The van der Waals surface area contributed by atoms with Gasteiger partial charge in [0.15, 0.2) is 0 Å². The lowest BCUT2D eigenvalue weighted by atomic mass is 10.1. The van der Waals surface area contributed by atoms with Gasteiger partial charge in [0, 0.05) is 65.2 Å². The second-order valence-electron chi connectivity index (χ2n) is 17.8. The van der Waals surface area contributed by atoms with Gasteiger partial charge >= 0.3 is 12.0 Å². The minimum atomic E-state index is -0.280. The Morgan fingerprint density at radius 2 is 1.05 bits per heavy atom. The summed E-state index contributed by atoms with van der Waals surface area (Å²) in [4.78, 5) is 29.0. The minimum Gasteiger partial charge on any atom is -0.497 e. The molecule has 0 spiro atoms. The molecular weight excluding hydrogens is 975 g/mol. The van der Waals surface area contributed by atoms with Crippen LogP contribution in [0.2, 0.25) is 0 Å². The highest BCUT2D eigenvalue weighted by molar-refractivity contribution is 5.65. The van der Waals surface area contributed by atoms with Gasteiger partial charge in [0.25, 0.3) is 5.56 Å². The van der Waals surface area contributed by atoms with E-state index in [0.29, 0.717) is 38.2 Å². The van der Waals surface area contributed by atoms with Crippen LogP contribution in [0, 0.1) is 41.5 Å². The molecule has 1 unspecified atom stereocenters. The van der Waals surface area contributed by atoms with Crippen LogP contribution in [0.4, 0.5) is 0 Å². The molecule has 1 N–H and O–H groups in total. The van der Waals surface area contributed by atoms with Crippen LogP contribution >= 0.6 is 0 Å². The summed E-state index contributed by atoms with van der Waals surface area (Å²) < 4.78 is 42.9. The second kappa shape index (κ2) is 39.8. The molecule has 1 atom stereocenters. The number of aryl methyl sites for hydroxylation is 7. The third-order valence-electron chi connectivity index (χ3n) is 10.6. The number of aromatic nitrogens is 3. The molecule has 2 aromatic heterocycles. The van der Waals surface area contributed by atoms with Gasteiger partial charge in [-0.1, -0.05) is 107 Å².